The molecule has 1 fully saturated rings. The Kier molecular flexibility index (Phi) is 6.52. The van der Waals surface area contributed by atoms with Crippen molar-refractivity contribution in [3.8, 4) is 5.75 Å². The Balaban J connectivity index is 1.80. The van der Waals surface area contributed by atoms with Gasteiger partial charge in [-0.15, -0.1) is 6.58 Å². The molecule has 1 aromatic rings. The van der Waals surface area contributed by atoms with Gasteiger partial charge in [-0.2, -0.15) is 13.2 Å². The van der Waals surface area contributed by atoms with Crippen LogP contribution >= 0.6 is 0 Å². The third kappa shape index (κ3) is 5.15. The molecule has 3 atom stereocenters. The molecule has 0 bridgehead atoms. The predicted molar refractivity (Wildman–Crippen MR) is 90.9 cm³/mol. The van der Waals surface area contributed by atoms with Gasteiger partial charge >= 0.3 is 6.18 Å². The van der Waals surface area contributed by atoms with Gasteiger partial charge in [-0.3, -0.25) is 0 Å². The second-order valence-electron chi connectivity index (χ2n) is 6.50. The van der Waals surface area contributed by atoms with Gasteiger partial charge in [0.1, 0.15) is 5.75 Å². The normalized spacial score (nSPS) is 24.4. The maximum absolute atomic E-state index is 12.6. The largest absolute Gasteiger partial charge is 0.493 e. The lowest BCUT2D eigenvalue weighted by molar-refractivity contribution is -0.137. The van der Waals surface area contributed by atoms with E-state index in [1.165, 1.54) is 18.9 Å². The molecular formula is C20H25F3O. The van der Waals surface area contributed by atoms with Gasteiger partial charge in [0, 0.05) is 0 Å². The van der Waals surface area contributed by atoms with Crippen molar-refractivity contribution in [3.63, 3.8) is 0 Å². The topological polar surface area (TPSA) is 9.23 Å². The lowest BCUT2D eigenvalue weighted by Gasteiger charge is -2.18. The quantitative estimate of drug-likeness (QED) is 0.420. The lowest BCUT2D eigenvalue weighted by atomic mass is 9.87. The van der Waals surface area contributed by atoms with Crippen LogP contribution in [0.25, 0.3) is 0 Å². The van der Waals surface area contributed by atoms with Crippen molar-refractivity contribution in [1.29, 1.82) is 0 Å². The SMILES string of the molecule is C=CC[C@@H]1C(/C=C/CCOc2cccc(C(F)(F)F)c2)CC[C@@H]1C. The first-order chi connectivity index (χ1) is 11.4. The Labute approximate surface area is 142 Å². The number of allylic oxidation sites excluding steroid dienone is 2. The highest BCUT2D eigenvalue weighted by atomic mass is 19.4. The number of hydrogen-bond donors (Lipinski definition) is 0. The highest BCUT2D eigenvalue weighted by Crippen LogP contribution is 2.40. The molecule has 1 saturated carbocycles. The zero-order valence-corrected chi connectivity index (χ0v) is 14.1. The van der Waals surface area contributed by atoms with Gasteiger partial charge in [-0.1, -0.05) is 31.2 Å². The van der Waals surface area contributed by atoms with Crippen molar-refractivity contribution in [2.75, 3.05) is 6.61 Å². The average Bonchev–Trinajstić information content (AvgIpc) is 2.88. The van der Waals surface area contributed by atoms with Crippen molar-refractivity contribution in [2.24, 2.45) is 17.8 Å². The molecule has 132 valence electrons. The fourth-order valence-electron chi connectivity index (χ4n) is 3.42. The van der Waals surface area contributed by atoms with E-state index in [-0.39, 0.29) is 5.75 Å². The van der Waals surface area contributed by atoms with E-state index in [0.717, 1.165) is 24.5 Å². The second-order valence-corrected chi connectivity index (χ2v) is 6.50. The first-order valence-corrected chi connectivity index (χ1v) is 8.49. The molecule has 1 unspecified atom stereocenters. The van der Waals surface area contributed by atoms with Gasteiger partial charge in [-0.05, 0) is 61.6 Å². The Morgan fingerprint density at radius 2 is 2.08 bits per heavy atom. The molecule has 0 amide bonds. The van der Waals surface area contributed by atoms with Crippen LogP contribution in [0.1, 0.15) is 38.2 Å². The number of ether oxygens (including phenoxy) is 1. The fourth-order valence-corrected chi connectivity index (χ4v) is 3.42. The lowest BCUT2D eigenvalue weighted by Crippen LogP contribution is -2.10. The Morgan fingerprint density at radius 1 is 1.29 bits per heavy atom. The molecule has 0 saturated heterocycles. The maximum Gasteiger partial charge on any atom is 0.416 e. The summed E-state index contributed by atoms with van der Waals surface area (Å²) in [6, 6.07) is 5.02. The van der Waals surface area contributed by atoms with Crippen molar-refractivity contribution in [3.05, 3.63) is 54.6 Å². The molecule has 0 radical (unpaired) electrons. The Morgan fingerprint density at radius 3 is 2.79 bits per heavy atom. The molecule has 0 aliphatic heterocycles. The minimum absolute atomic E-state index is 0.261. The van der Waals surface area contributed by atoms with Crippen molar-refractivity contribution in [2.45, 2.75) is 38.8 Å². The number of benzene rings is 1. The molecule has 4 heteroatoms. The second kappa shape index (κ2) is 8.41. The van der Waals surface area contributed by atoms with Gasteiger partial charge in [0.2, 0.25) is 0 Å². The zero-order valence-electron chi connectivity index (χ0n) is 14.1. The summed E-state index contributed by atoms with van der Waals surface area (Å²) in [5, 5.41) is 0. The first kappa shape index (κ1) is 18.6. The van der Waals surface area contributed by atoms with E-state index in [2.05, 4.69) is 25.7 Å². The third-order valence-electron chi connectivity index (χ3n) is 4.77. The molecule has 1 nitrogen and oxygen atoms in total. The van der Waals surface area contributed by atoms with E-state index < -0.39 is 11.7 Å². The number of rotatable bonds is 7. The molecule has 0 heterocycles. The van der Waals surface area contributed by atoms with E-state index in [0.29, 0.717) is 24.9 Å². The van der Waals surface area contributed by atoms with E-state index in [1.54, 1.807) is 6.07 Å². The van der Waals surface area contributed by atoms with Crippen LogP contribution in [0.15, 0.2) is 49.1 Å². The monoisotopic (exact) mass is 338 g/mol. The molecule has 1 aliphatic carbocycles. The molecule has 1 aromatic carbocycles. The van der Waals surface area contributed by atoms with Crippen LogP contribution in [0, 0.1) is 17.8 Å². The van der Waals surface area contributed by atoms with Crippen LogP contribution < -0.4 is 4.74 Å². The average molecular weight is 338 g/mol. The summed E-state index contributed by atoms with van der Waals surface area (Å²) < 4.78 is 43.4. The highest BCUT2D eigenvalue weighted by molar-refractivity contribution is 5.30. The van der Waals surface area contributed by atoms with E-state index in [4.69, 9.17) is 4.74 Å². The van der Waals surface area contributed by atoms with Crippen LogP contribution in [0.2, 0.25) is 0 Å². The Bertz CT molecular complexity index is 562. The molecule has 0 spiro atoms. The van der Waals surface area contributed by atoms with E-state index >= 15 is 0 Å². The summed E-state index contributed by atoms with van der Waals surface area (Å²) in [7, 11) is 0. The van der Waals surface area contributed by atoms with Gasteiger partial charge < -0.3 is 4.74 Å². The molecule has 1 aliphatic rings. The van der Waals surface area contributed by atoms with Crippen molar-refractivity contribution < 1.29 is 17.9 Å². The van der Waals surface area contributed by atoms with Crippen LogP contribution in [0.4, 0.5) is 13.2 Å². The van der Waals surface area contributed by atoms with Crippen molar-refractivity contribution in [1.82, 2.24) is 0 Å². The van der Waals surface area contributed by atoms with Gasteiger partial charge in [0.15, 0.2) is 0 Å². The maximum atomic E-state index is 12.6. The minimum Gasteiger partial charge on any atom is -0.493 e. The summed E-state index contributed by atoms with van der Waals surface area (Å²) in [6.07, 6.45) is 6.17. The van der Waals surface area contributed by atoms with Crippen LogP contribution in [0.3, 0.4) is 0 Å². The summed E-state index contributed by atoms with van der Waals surface area (Å²) >= 11 is 0. The van der Waals surface area contributed by atoms with Crippen LogP contribution in [0.5, 0.6) is 5.75 Å². The van der Waals surface area contributed by atoms with Crippen molar-refractivity contribution >= 4 is 0 Å². The molecule has 2 rings (SSSR count). The van der Waals surface area contributed by atoms with Crippen LogP contribution in [-0.4, -0.2) is 6.61 Å². The first-order valence-electron chi connectivity index (χ1n) is 8.49. The molecule has 24 heavy (non-hydrogen) atoms. The Hall–Kier alpha value is -1.71. The van der Waals surface area contributed by atoms with E-state index in [9.17, 15) is 13.2 Å². The van der Waals surface area contributed by atoms with Gasteiger partial charge in [-0.25, -0.2) is 0 Å². The van der Waals surface area contributed by atoms with Gasteiger partial charge in [0.05, 0.1) is 12.2 Å². The zero-order chi connectivity index (χ0) is 17.6. The predicted octanol–water partition coefficient (Wildman–Crippen LogP) is 6.27. The standard InChI is InChI=1S/C20H25F3O/c1-3-7-19-15(2)11-12-16(19)8-4-5-13-24-18-10-6-9-17(14-18)20(21,22)23/h3-4,6,8-10,14-16,19H,1,5,7,11-13H2,2H3/b8-4+/t15-,16?,19-/m0/s1. The smallest absolute Gasteiger partial charge is 0.416 e. The molecular weight excluding hydrogens is 313 g/mol. The summed E-state index contributed by atoms with van der Waals surface area (Å²) in [6.45, 7) is 6.51. The third-order valence-corrected chi connectivity index (χ3v) is 4.77. The number of halogens is 3. The minimum atomic E-state index is -4.33. The summed E-state index contributed by atoms with van der Waals surface area (Å²) in [4.78, 5) is 0. The summed E-state index contributed by atoms with van der Waals surface area (Å²) in [5.41, 5.74) is -0.678. The van der Waals surface area contributed by atoms with E-state index in [1.807, 2.05) is 6.08 Å². The number of alkyl halides is 3. The fraction of sp³-hybridized carbons (Fsp3) is 0.500. The summed E-state index contributed by atoms with van der Waals surface area (Å²) in [5.74, 6) is 2.21. The van der Waals surface area contributed by atoms with Crippen LogP contribution in [-0.2, 0) is 6.18 Å². The van der Waals surface area contributed by atoms with Gasteiger partial charge in [0.25, 0.3) is 0 Å². The number of hydrogen-bond acceptors (Lipinski definition) is 1. The molecule has 0 N–H and O–H groups in total. The molecule has 0 aromatic heterocycles. The highest BCUT2D eigenvalue weighted by Gasteiger charge is 2.31.